The molecule has 21 nitrogen and oxygen atoms in total. The number of hydrogen-bond acceptors (Lipinski definition) is 17. The molecule has 21 heteroatoms. The average molecular weight is 1330 g/mol. The zero-order chi connectivity index (χ0) is 69.0. The van der Waals surface area contributed by atoms with Crippen LogP contribution >= 0.6 is 0 Å². The van der Waals surface area contributed by atoms with Crippen LogP contribution in [0.4, 0.5) is 17.5 Å². The molecule has 536 valence electrons. The first kappa shape index (κ1) is 82.6. The van der Waals surface area contributed by atoms with Crippen molar-refractivity contribution in [3.8, 4) is 0 Å². The van der Waals surface area contributed by atoms with E-state index in [2.05, 4.69) is 56.7 Å². The number of carbonyl (C=O) groups excluding carboxylic acids is 6. The van der Waals surface area contributed by atoms with Crippen LogP contribution < -0.4 is 32.3 Å². The fourth-order valence-corrected chi connectivity index (χ4v) is 11.6. The summed E-state index contributed by atoms with van der Waals surface area (Å²) >= 11 is 0. The number of carboxylic acids is 1. The van der Waals surface area contributed by atoms with Gasteiger partial charge in [0.15, 0.2) is 17.0 Å². The zero-order valence-corrected chi connectivity index (χ0v) is 59.0. The van der Waals surface area contributed by atoms with Crippen molar-refractivity contribution in [2.24, 2.45) is 0 Å². The standard InChI is InChI=1S/C74H124N10O11/c1-5-8-11-14-17-20-23-26-29-32-35-38-41-44-65(87)93-56-74(57-94-66(88)45-42-39-36-33-30-27-24-21-18-15-12-9-6-2,58-95-67(89)46-43-40-37-34-31-28-25-22-19-16-13-10-7-3)83-64(86)54-77-63(85)52-51-62(72(91)92)80-71(90)59-47-49-61(50-48-59)84(4)55-60-53-78-70-68(79-60)69(75)81-73(76)82-70/h47-50,53,62H,5-46,51-52,54-58H2,1-4H3,(H,77,85)(H,80,90)(H,83,86)(H,91,92)(H4,75,76,78,81,82)/t62-/m0/s1. The highest BCUT2D eigenvalue weighted by Gasteiger charge is 2.38. The van der Waals surface area contributed by atoms with Crippen LogP contribution in [-0.4, -0.2) is 112 Å². The number of nitrogen functional groups attached to an aromatic ring is 2. The van der Waals surface area contributed by atoms with Crippen LogP contribution in [0.5, 0.6) is 0 Å². The Morgan fingerprint density at radius 2 is 0.884 bits per heavy atom. The van der Waals surface area contributed by atoms with Crippen molar-refractivity contribution in [3.63, 3.8) is 0 Å². The van der Waals surface area contributed by atoms with Gasteiger partial charge in [0.25, 0.3) is 5.91 Å². The van der Waals surface area contributed by atoms with Crippen molar-refractivity contribution in [2.45, 2.75) is 321 Å². The Labute approximate surface area is 569 Å². The van der Waals surface area contributed by atoms with Crippen LogP contribution in [0.25, 0.3) is 11.2 Å². The monoisotopic (exact) mass is 1330 g/mol. The molecule has 0 aliphatic heterocycles. The van der Waals surface area contributed by atoms with Gasteiger partial charge in [-0.25, -0.2) is 14.8 Å². The van der Waals surface area contributed by atoms with Crippen molar-refractivity contribution < 1.29 is 52.9 Å². The molecule has 0 saturated heterocycles. The number of carbonyl (C=O) groups is 7. The molecule has 0 bridgehead atoms. The zero-order valence-electron chi connectivity index (χ0n) is 59.0. The Kier molecular flexibility index (Phi) is 45.6. The number of hydrogen-bond donors (Lipinski definition) is 6. The Morgan fingerprint density at radius 1 is 0.505 bits per heavy atom. The molecule has 0 radical (unpaired) electrons. The molecule has 3 aromatic rings. The van der Waals surface area contributed by atoms with Gasteiger partial charge in [0.2, 0.25) is 17.8 Å². The third kappa shape index (κ3) is 39.8. The lowest BCUT2D eigenvalue weighted by atomic mass is 10.0. The highest BCUT2D eigenvalue weighted by molar-refractivity contribution is 5.97. The maximum Gasteiger partial charge on any atom is 0.326 e. The van der Waals surface area contributed by atoms with E-state index in [1.54, 1.807) is 18.3 Å². The van der Waals surface area contributed by atoms with Crippen LogP contribution in [0.1, 0.15) is 319 Å². The molecule has 0 spiro atoms. The largest absolute Gasteiger partial charge is 0.480 e. The molecule has 0 aliphatic rings. The minimum absolute atomic E-state index is 0.0120. The average Bonchev–Trinajstić information content (AvgIpc) is 0.830. The Bertz CT molecular complexity index is 2500. The SMILES string of the molecule is CCCCCCCCCCCCCCCC(=O)OCC(COC(=O)CCCCCCCCCCCCCCC)(COC(=O)CCCCCCCCCCCCCCC)NC(=O)CNC(=O)CC[C@H](NC(=O)c1ccc(N(C)Cc2cnc3nc(N)nc(N)c3n2)cc1)C(=O)O. The highest BCUT2D eigenvalue weighted by atomic mass is 16.6. The van der Waals surface area contributed by atoms with Gasteiger partial charge in [-0.1, -0.05) is 252 Å². The summed E-state index contributed by atoms with van der Waals surface area (Å²) in [6.07, 6.45) is 46.0. The molecule has 1 atom stereocenters. The number of nitrogens with two attached hydrogens (primary N) is 2. The van der Waals surface area contributed by atoms with Gasteiger partial charge in [-0.3, -0.25) is 28.8 Å². The normalized spacial score (nSPS) is 11.7. The van der Waals surface area contributed by atoms with Crippen LogP contribution in [0.15, 0.2) is 30.5 Å². The lowest BCUT2D eigenvalue weighted by molar-refractivity contribution is -0.159. The fraction of sp³-hybridized carbons (Fsp3) is 0.743. The number of amides is 3. The number of esters is 3. The van der Waals surface area contributed by atoms with Gasteiger partial charge in [-0.2, -0.15) is 9.97 Å². The molecular formula is C74H124N10O11. The van der Waals surface area contributed by atoms with Gasteiger partial charge in [0.1, 0.15) is 31.4 Å². The quantitative estimate of drug-likeness (QED) is 0.0174. The third-order valence-electron chi connectivity index (χ3n) is 17.6. The van der Waals surface area contributed by atoms with Crippen molar-refractivity contribution >= 4 is 70.2 Å². The predicted octanol–water partition coefficient (Wildman–Crippen LogP) is 15.2. The van der Waals surface area contributed by atoms with E-state index in [4.69, 9.17) is 25.7 Å². The lowest BCUT2D eigenvalue weighted by Crippen LogP contribution is -2.60. The summed E-state index contributed by atoms with van der Waals surface area (Å²) in [5.74, 6) is -4.96. The van der Waals surface area contributed by atoms with Crippen molar-refractivity contribution in [1.29, 1.82) is 0 Å². The summed E-state index contributed by atoms with van der Waals surface area (Å²) in [7, 11) is 1.81. The second-order valence-corrected chi connectivity index (χ2v) is 26.4. The molecule has 1 aromatic carbocycles. The van der Waals surface area contributed by atoms with E-state index in [1.165, 1.54) is 166 Å². The fourth-order valence-electron chi connectivity index (χ4n) is 11.6. The number of rotatable bonds is 60. The predicted molar refractivity (Wildman–Crippen MR) is 378 cm³/mol. The topological polar surface area (TPSA) is 310 Å². The van der Waals surface area contributed by atoms with Crippen LogP contribution in [0.2, 0.25) is 0 Å². The Balaban J connectivity index is 1.64. The second-order valence-electron chi connectivity index (χ2n) is 26.4. The maximum atomic E-state index is 14.0. The molecule has 8 N–H and O–H groups in total. The molecule has 0 fully saturated rings. The van der Waals surface area contributed by atoms with E-state index in [9.17, 15) is 38.7 Å². The van der Waals surface area contributed by atoms with Gasteiger partial charge in [0.05, 0.1) is 25.0 Å². The molecule has 2 heterocycles. The summed E-state index contributed by atoms with van der Waals surface area (Å²) in [6.45, 7) is 4.96. The van der Waals surface area contributed by atoms with E-state index < -0.39 is 79.5 Å². The number of carboxylic acid groups (broad SMARTS) is 1. The number of benzene rings is 1. The first-order valence-corrected chi connectivity index (χ1v) is 37.0. The number of unbranched alkanes of at least 4 members (excludes halogenated alkanes) is 36. The first-order chi connectivity index (χ1) is 46.1. The van der Waals surface area contributed by atoms with Gasteiger partial charge >= 0.3 is 23.9 Å². The van der Waals surface area contributed by atoms with Crippen molar-refractivity contribution in [1.82, 2.24) is 35.9 Å². The molecule has 0 aliphatic carbocycles. The molecule has 2 aromatic heterocycles. The molecule has 0 saturated carbocycles. The van der Waals surface area contributed by atoms with E-state index in [0.717, 1.165) is 77.0 Å². The van der Waals surface area contributed by atoms with E-state index in [1.807, 2.05) is 11.9 Å². The van der Waals surface area contributed by atoms with E-state index >= 15 is 0 Å². The summed E-state index contributed by atoms with van der Waals surface area (Å²) in [5, 5.41) is 17.9. The second kappa shape index (κ2) is 52.5. The Hall–Kier alpha value is -6.67. The lowest BCUT2D eigenvalue weighted by Gasteiger charge is -2.33. The first-order valence-electron chi connectivity index (χ1n) is 37.0. The van der Waals surface area contributed by atoms with Gasteiger partial charge in [-0.15, -0.1) is 0 Å². The summed E-state index contributed by atoms with van der Waals surface area (Å²) < 4.78 is 17.5. The van der Waals surface area contributed by atoms with E-state index in [-0.39, 0.29) is 55.1 Å². The van der Waals surface area contributed by atoms with Gasteiger partial charge in [0, 0.05) is 44.0 Å². The smallest absolute Gasteiger partial charge is 0.326 e. The molecular weight excluding hydrogens is 1200 g/mol. The molecule has 0 unspecified atom stereocenters. The maximum absolute atomic E-state index is 14.0. The number of ether oxygens (including phenoxy) is 3. The molecule has 95 heavy (non-hydrogen) atoms. The molecule has 3 rings (SSSR count). The van der Waals surface area contributed by atoms with Gasteiger partial charge in [-0.05, 0) is 49.9 Å². The minimum atomic E-state index is -1.72. The number of aromatic nitrogens is 4. The van der Waals surface area contributed by atoms with Gasteiger partial charge < -0.3 is 51.6 Å². The van der Waals surface area contributed by atoms with Crippen LogP contribution in [0, 0.1) is 0 Å². The van der Waals surface area contributed by atoms with Crippen molar-refractivity contribution in [2.75, 3.05) is 49.8 Å². The highest BCUT2D eigenvalue weighted by Crippen LogP contribution is 2.22. The number of aliphatic carboxylic acids is 1. The van der Waals surface area contributed by atoms with Crippen LogP contribution in [0.3, 0.4) is 0 Å². The van der Waals surface area contributed by atoms with Crippen LogP contribution in [-0.2, 0) is 49.5 Å². The number of nitrogens with one attached hydrogen (secondary N) is 3. The number of anilines is 3. The third-order valence-corrected chi connectivity index (χ3v) is 17.6. The summed E-state index contributed by atoms with van der Waals surface area (Å²) in [5.41, 5.74) is 12.0. The Morgan fingerprint density at radius 3 is 1.26 bits per heavy atom. The minimum Gasteiger partial charge on any atom is -0.480 e. The van der Waals surface area contributed by atoms with E-state index in [0.29, 0.717) is 42.7 Å². The summed E-state index contributed by atoms with van der Waals surface area (Å²) in [4.78, 5) is 112. The summed E-state index contributed by atoms with van der Waals surface area (Å²) in [6, 6.07) is 4.98. The number of nitrogens with zero attached hydrogens (tertiary/aromatic N) is 5. The number of fused-ring (bicyclic) bond motifs is 1. The molecule has 3 amide bonds. The van der Waals surface area contributed by atoms with Crippen molar-refractivity contribution in [3.05, 3.63) is 41.7 Å².